The van der Waals surface area contributed by atoms with Crippen molar-refractivity contribution in [1.82, 2.24) is 0 Å². The molecule has 3 N–H and O–H groups in total. The van der Waals surface area contributed by atoms with Crippen LogP contribution in [0.5, 0.6) is 0 Å². The molecule has 1 aliphatic heterocycles. The van der Waals surface area contributed by atoms with Gasteiger partial charge in [0.2, 0.25) is 0 Å². The monoisotopic (exact) mass is 266 g/mol. The molecular formula is C15H26N2S. The lowest BCUT2D eigenvalue weighted by Crippen LogP contribution is -2.39. The van der Waals surface area contributed by atoms with Crippen molar-refractivity contribution in [1.29, 1.82) is 0 Å². The molecule has 1 aromatic carbocycles. The molecule has 1 aromatic rings. The van der Waals surface area contributed by atoms with Crippen LogP contribution in [0.25, 0.3) is 0 Å². The normalized spacial score (nSPS) is 15.1. The molecule has 2 rings (SSSR count). The van der Waals surface area contributed by atoms with Gasteiger partial charge in [0.25, 0.3) is 0 Å². The quantitative estimate of drug-likeness (QED) is 0.575. The second-order valence-electron chi connectivity index (χ2n) is 6.02. The standard InChI is InChI=1S/C11H16N2S.C4H10/c1-6-9(12)8(14-4)5-7-10(6)13-11(7,2)3;1-4(2)3/h5,13H,12H2,1-4H3;4H,1-3H3. The van der Waals surface area contributed by atoms with Crippen molar-refractivity contribution in [3.63, 3.8) is 0 Å². The summed E-state index contributed by atoms with van der Waals surface area (Å²) < 4.78 is 0. The van der Waals surface area contributed by atoms with Gasteiger partial charge < -0.3 is 11.1 Å². The van der Waals surface area contributed by atoms with Crippen molar-refractivity contribution in [3.8, 4) is 0 Å². The molecule has 0 aromatic heterocycles. The molecule has 3 heteroatoms. The number of nitrogen functional groups attached to an aromatic ring is 1. The summed E-state index contributed by atoms with van der Waals surface area (Å²) in [4.78, 5) is 1.19. The Morgan fingerprint density at radius 1 is 1.28 bits per heavy atom. The number of rotatable bonds is 1. The van der Waals surface area contributed by atoms with Crippen LogP contribution in [0.15, 0.2) is 11.0 Å². The lowest BCUT2D eigenvalue weighted by atomic mass is 9.82. The molecule has 0 radical (unpaired) electrons. The average molecular weight is 266 g/mol. The lowest BCUT2D eigenvalue weighted by molar-refractivity contribution is 0.560. The fourth-order valence-electron chi connectivity index (χ4n) is 1.94. The summed E-state index contributed by atoms with van der Waals surface area (Å²) in [7, 11) is 0. The third-order valence-electron chi connectivity index (χ3n) is 2.92. The molecule has 0 unspecified atom stereocenters. The molecule has 0 amide bonds. The highest BCUT2D eigenvalue weighted by Gasteiger charge is 2.35. The molecule has 0 bridgehead atoms. The van der Waals surface area contributed by atoms with Crippen LogP contribution in [0.1, 0.15) is 45.7 Å². The molecule has 0 fully saturated rings. The first-order chi connectivity index (χ1) is 8.20. The predicted octanol–water partition coefficient (Wildman–Crippen LogP) is 4.62. The van der Waals surface area contributed by atoms with Gasteiger partial charge in [0.15, 0.2) is 0 Å². The van der Waals surface area contributed by atoms with Crippen molar-refractivity contribution < 1.29 is 0 Å². The average Bonchev–Trinajstić information content (AvgIpc) is 2.23. The third-order valence-corrected chi connectivity index (χ3v) is 3.70. The molecule has 0 atom stereocenters. The van der Waals surface area contributed by atoms with Gasteiger partial charge in [-0.3, -0.25) is 0 Å². The van der Waals surface area contributed by atoms with Crippen molar-refractivity contribution in [3.05, 3.63) is 17.2 Å². The second-order valence-corrected chi connectivity index (χ2v) is 6.87. The number of benzene rings is 1. The maximum absolute atomic E-state index is 6.02. The summed E-state index contributed by atoms with van der Waals surface area (Å²) in [6.07, 6.45) is 2.07. The van der Waals surface area contributed by atoms with Gasteiger partial charge in [-0.15, -0.1) is 11.8 Å². The third kappa shape index (κ3) is 2.94. The maximum Gasteiger partial charge on any atom is 0.0590 e. The summed E-state index contributed by atoms with van der Waals surface area (Å²) in [5, 5.41) is 3.43. The zero-order chi connectivity index (χ0) is 14.1. The number of nitrogens with two attached hydrogens (primary N) is 1. The Morgan fingerprint density at radius 3 is 2.17 bits per heavy atom. The van der Waals surface area contributed by atoms with Gasteiger partial charge in [-0.2, -0.15) is 0 Å². The van der Waals surface area contributed by atoms with E-state index in [0.717, 1.165) is 11.6 Å². The zero-order valence-electron chi connectivity index (χ0n) is 12.6. The minimum absolute atomic E-state index is 0.109. The Morgan fingerprint density at radius 2 is 1.78 bits per heavy atom. The van der Waals surface area contributed by atoms with Gasteiger partial charge in [-0.05, 0) is 44.6 Å². The first-order valence-corrected chi connectivity index (χ1v) is 7.69. The SMILES string of the molecule is CC(C)C.CSc1cc2c(c(C)c1N)NC2(C)C. The largest absolute Gasteiger partial charge is 0.398 e. The Bertz CT molecular complexity index is 434. The van der Waals surface area contributed by atoms with E-state index >= 15 is 0 Å². The van der Waals surface area contributed by atoms with Crippen LogP contribution in [-0.2, 0) is 5.54 Å². The van der Waals surface area contributed by atoms with Gasteiger partial charge in [0.05, 0.1) is 11.2 Å². The molecule has 0 saturated carbocycles. The van der Waals surface area contributed by atoms with Crippen molar-refractivity contribution in [2.75, 3.05) is 17.3 Å². The highest BCUT2D eigenvalue weighted by Crippen LogP contribution is 2.47. The van der Waals surface area contributed by atoms with E-state index < -0.39 is 0 Å². The number of thioether (sulfide) groups is 1. The number of nitrogens with one attached hydrogen (secondary N) is 1. The number of fused-ring (bicyclic) bond motifs is 1. The molecule has 0 saturated heterocycles. The molecule has 0 aliphatic carbocycles. The van der Waals surface area contributed by atoms with Gasteiger partial charge in [-0.25, -0.2) is 0 Å². The highest BCUT2D eigenvalue weighted by molar-refractivity contribution is 7.98. The Labute approximate surface area is 116 Å². The minimum atomic E-state index is 0.109. The summed E-state index contributed by atoms with van der Waals surface area (Å²) >= 11 is 1.71. The molecule has 0 spiro atoms. The molecule has 18 heavy (non-hydrogen) atoms. The van der Waals surface area contributed by atoms with E-state index in [1.807, 2.05) is 0 Å². The Hall–Kier alpha value is -0.830. The second kappa shape index (κ2) is 5.43. The number of hydrogen-bond donors (Lipinski definition) is 2. The summed E-state index contributed by atoms with van der Waals surface area (Å²) in [5.74, 6) is 0.833. The number of anilines is 2. The van der Waals surface area contributed by atoms with Crippen LogP contribution in [0, 0.1) is 12.8 Å². The molecular weight excluding hydrogens is 240 g/mol. The first kappa shape index (κ1) is 15.2. The maximum atomic E-state index is 6.02. The van der Waals surface area contributed by atoms with Gasteiger partial charge >= 0.3 is 0 Å². The molecule has 2 nitrogen and oxygen atoms in total. The van der Waals surface area contributed by atoms with E-state index in [1.54, 1.807) is 11.8 Å². The van der Waals surface area contributed by atoms with E-state index in [-0.39, 0.29) is 5.54 Å². The van der Waals surface area contributed by atoms with Gasteiger partial charge in [0.1, 0.15) is 0 Å². The van der Waals surface area contributed by atoms with Crippen molar-refractivity contribution >= 4 is 23.1 Å². The van der Waals surface area contributed by atoms with Gasteiger partial charge in [-0.1, -0.05) is 20.8 Å². The van der Waals surface area contributed by atoms with Crippen LogP contribution < -0.4 is 11.1 Å². The molecule has 1 heterocycles. The van der Waals surface area contributed by atoms with E-state index in [4.69, 9.17) is 5.73 Å². The van der Waals surface area contributed by atoms with Crippen molar-refractivity contribution in [2.24, 2.45) is 5.92 Å². The van der Waals surface area contributed by atoms with Crippen molar-refractivity contribution in [2.45, 2.75) is 52.0 Å². The van der Waals surface area contributed by atoms with Crippen LogP contribution in [0.2, 0.25) is 0 Å². The van der Waals surface area contributed by atoms with Crippen LogP contribution in [0.3, 0.4) is 0 Å². The predicted molar refractivity (Wildman–Crippen MR) is 84.5 cm³/mol. The summed E-state index contributed by atoms with van der Waals surface area (Å²) in [5.41, 5.74) is 10.8. The van der Waals surface area contributed by atoms with E-state index in [9.17, 15) is 0 Å². The topological polar surface area (TPSA) is 38.0 Å². The number of hydrogen-bond acceptors (Lipinski definition) is 3. The first-order valence-electron chi connectivity index (χ1n) is 6.46. The summed E-state index contributed by atoms with van der Waals surface area (Å²) in [6, 6.07) is 2.21. The Balaban J connectivity index is 0.000000357. The highest BCUT2D eigenvalue weighted by atomic mass is 32.2. The fraction of sp³-hybridized carbons (Fsp3) is 0.600. The molecule has 1 aliphatic rings. The van der Waals surface area contributed by atoms with Gasteiger partial charge in [0, 0.05) is 16.1 Å². The minimum Gasteiger partial charge on any atom is -0.398 e. The smallest absolute Gasteiger partial charge is 0.0590 e. The summed E-state index contributed by atoms with van der Waals surface area (Å²) in [6.45, 7) is 13.0. The Kier molecular flexibility index (Phi) is 4.60. The zero-order valence-corrected chi connectivity index (χ0v) is 13.5. The lowest BCUT2D eigenvalue weighted by Gasteiger charge is -2.42. The van der Waals surface area contributed by atoms with Crippen LogP contribution >= 0.6 is 11.8 Å². The van der Waals surface area contributed by atoms with E-state index in [2.05, 4.69) is 59.2 Å². The molecule has 102 valence electrons. The fourth-order valence-corrected chi connectivity index (χ4v) is 2.55. The van der Waals surface area contributed by atoms with E-state index in [1.165, 1.54) is 21.7 Å². The van der Waals surface area contributed by atoms with Crippen LogP contribution in [0.4, 0.5) is 11.4 Å². The van der Waals surface area contributed by atoms with Crippen LogP contribution in [-0.4, -0.2) is 6.26 Å². The van der Waals surface area contributed by atoms with E-state index in [0.29, 0.717) is 0 Å².